The lowest BCUT2D eigenvalue weighted by molar-refractivity contribution is -0.141. The monoisotopic (exact) mass is 618 g/mol. The molecule has 10 heteroatoms. The summed E-state index contributed by atoms with van der Waals surface area (Å²) < 4.78 is 44.4. The number of rotatable bonds is 16. The van der Waals surface area contributed by atoms with Crippen LogP contribution in [0.2, 0.25) is 0 Å². The Hall–Kier alpha value is -4.96. The van der Waals surface area contributed by atoms with E-state index in [9.17, 15) is 18.8 Å². The summed E-state index contributed by atoms with van der Waals surface area (Å²) in [5.41, 5.74) is 4.88. The Morgan fingerprint density at radius 1 is 0.733 bits per heavy atom. The summed E-state index contributed by atoms with van der Waals surface area (Å²) in [5.74, 6) is -1.48. The topological polar surface area (TPSA) is 107 Å². The lowest BCUT2D eigenvalue weighted by atomic mass is 9.99. The molecule has 3 aromatic rings. The molecule has 0 heterocycles. The molecule has 0 saturated carbocycles. The van der Waals surface area contributed by atoms with Crippen molar-refractivity contribution in [3.8, 4) is 28.4 Å². The van der Waals surface area contributed by atoms with Crippen molar-refractivity contribution in [1.82, 2.24) is 0 Å². The second kappa shape index (κ2) is 15.7. The van der Waals surface area contributed by atoms with E-state index in [1.807, 2.05) is 30.3 Å². The third-order valence-electron chi connectivity index (χ3n) is 7.02. The molecule has 45 heavy (non-hydrogen) atoms. The number of ether oxygens (including phenoxy) is 6. The summed E-state index contributed by atoms with van der Waals surface area (Å²) in [4.78, 5) is 35.7. The van der Waals surface area contributed by atoms with Crippen LogP contribution in [0.4, 0.5) is 4.39 Å². The quantitative estimate of drug-likeness (QED) is 0.0786. The van der Waals surface area contributed by atoms with Gasteiger partial charge in [-0.15, -0.1) is 0 Å². The first-order valence-corrected chi connectivity index (χ1v) is 14.4. The fraction of sp³-hybridized carbons (Fsp3) is 0.286. The Morgan fingerprint density at radius 3 is 1.98 bits per heavy atom. The van der Waals surface area contributed by atoms with Gasteiger partial charge in [0.05, 0.1) is 31.0 Å². The van der Waals surface area contributed by atoms with Crippen LogP contribution in [0.5, 0.6) is 17.2 Å². The molecule has 0 radical (unpaired) electrons. The van der Waals surface area contributed by atoms with Crippen molar-refractivity contribution >= 4 is 17.9 Å². The van der Waals surface area contributed by atoms with Gasteiger partial charge in [0, 0.05) is 13.0 Å². The minimum atomic E-state index is -1.11. The van der Waals surface area contributed by atoms with Crippen molar-refractivity contribution in [1.29, 1.82) is 0 Å². The van der Waals surface area contributed by atoms with Gasteiger partial charge in [-0.2, -0.15) is 4.39 Å². The molecular weight excluding hydrogens is 583 g/mol. The molecule has 0 saturated heterocycles. The number of esters is 3. The van der Waals surface area contributed by atoms with E-state index in [0.29, 0.717) is 36.5 Å². The summed E-state index contributed by atoms with van der Waals surface area (Å²) in [5, 5.41) is 0. The minimum Gasteiger partial charge on any atom is -0.494 e. The van der Waals surface area contributed by atoms with E-state index in [1.165, 1.54) is 7.11 Å². The number of carbonyl (C=O) groups is 3. The van der Waals surface area contributed by atoms with E-state index < -0.39 is 23.7 Å². The molecule has 4 rings (SSSR count). The molecule has 0 bridgehead atoms. The number of hydrogen-bond acceptors (Lipinski definition) is 9. The molecule has 236 valence electrons. The van der Waals surface area contributed by atoms with E-state index in [0.717, 1.165) is 28.0 Å². The zero-order valence-corrected chi connectivity index (χ0v) is 25.3. The van der Waals surface area contributed by atoms with E-state index in [1.54, 1.807) is 30.3 Å². The minimum absolute atomic E-state index is 0.0427. The van der Waals surface area contributed by atoms with Crippen molar-refractivity contribution in [2.45, 2.75) is 25.7 Å². The van der Waals surface area contributed by atoms with Gasteiger partial charge >= 0.3 is 17.9 Å². The van der Waals surface area contributed by atoms with Crippen LogP contribution in [0.3, 0.4) is 0 Å². The maximum Gasteiger partial charge on any atom is 0.366 e. The SMILES string of the molecule is C=C(F)C(=O)OCCCCOc1ccc2c(c1)C(C)c1cc(OC(=O)c3ccc(OCCOC(=O)C(=C)COC)cc3)ccc1-2. The number of fused-ring (bicyclic) bond motifs is 3. The van der Waals surface area contributed by atoms with Crippen molar-refractivity contribution in [3.63, 3.8) is 0 Å². The summed E-state index contributed by atoms with van der Waals surface area (Å²) >= 11 is 0. The summed E-state index contributed by atoms with van der Waals surface area (Å²) in [6, 6.07) is 18.0. The maximum absolute atomic E-state index is 12.9. The highest BCUT2D eigenvalue weighted by Gasteiger charge is 2.27. The Labute approximate surface area is 261 Å². The molecule has 0 N–H and O–H groups in total. The number of benzene rings is 3. The molecule has 1 unspecified atom stereocenters. The number of hydrogen-bond donors (Lipinski definition) is 0. The van der Waals surface area contributed by atoms with Crippen molar-refractivity contribution in [2.24, 2.45) is 0 Å². The standard InChI is InChI=1S/C35H35FO9/c1-22(21-40-4)33(37)44-18-17-42-26-9-7-25(8-10-26)35(39)45-28-12-14-30-29-13-11-27(19-31(29)23(2)32(30)20-28)41-15-5-6-16-43-34(38)24(3)36/h7-14,19-20,23H,1,3,5-6,15-18,21H2,2,4H3. The van der Waals surface area contributed by atoms with E-state index >= 15 is 0 Å². The zero-order chi connectivity index (χ0) is 32.3. The van der Waals surface area contributed by atoms with Gasteiger partial charge in [-0.05, 0) is 83.6 Å². The predicted octanol–water partition coefficient (Wildman–Crippen LogP) is 6.35. The Balaban J connectivity index is 1.26. The number of methoxy groups -OCH3 is 1. The first-order chi connectivity index (χ1) is 21.7. The Kier molecular flexibility index (Phi) is 11.5. The molecule has 0 fully saturated rings. The van der Waals surface area contributed by atoms with Gasteiger partial charge in [0.15, 0.2) is 0 Å². The second-order valence-electron chi connectivity index (χ2n) is 10.3. The molecule has 0 aliphatic heterocycles. The van der Waals surface area contributed by atoms with Crippen LogP contribution in [-0.2, 0) is 23.8 Å². The van der Waals surface area contributed by atoms with Crippen molar-refractivity contribution < 1.29 is 47.2 Å². The molecule has 0 spiro atoms. The van der Waals surface area contributed by atoms with Gasteiger partial charge in [0.2, 0.25) is 5.83 Å². The molecule has 3 aromatic carbocycles. The van der Waals surface area contributed by atoms with Gasteiger partial charge in [0.1, 0.15) is 30.5 Å². The fourth-order valence-electron chi connectivity index (χ4n) is 4.73. The summed E-state index contributed by atoms with van der Waals surface area (Å²) in [6.07, 6.45) is 1.17. The fourth-order valence-corrected chi connectivity index (χ4v) is 4.73. The van der Waals surface area contributed by atoms with E-state index in [-0.39, 0.29) is 37.9 Å². The summed E-state index contributed by atoms with van der Waals surface area (Å²) in [6.45, 7) is 9.37. The highest BCUT2D eigenvalue weighted by atomic mass is 19.1. The molecule has 1 atom stereocenters. The van der Waals surface area contributed by atoms with Crippen LogP contribution in [0.1, 0.15) is 47.2 Å². The lowest BCUT2D eigenvalue weighted by Crippen LogP contribution is -2.15. The first kappa shape index (κ1) is 32.9. The Morgan fingerprint density at radius 2 is 1.31 bits per heavy atom. The van der Waals surface area contributed by atoms with Crippen molar-refractivity contribution in [3.05, 3.63) is 102 Å². The maximum atomic E-state index is 12.9. The smallest absolute Gasteiger partial charge is 0.366 e. The summed E-state index contributed by atoms with van der Waals surface area (Å²) in [7, 11) is 1.47. The van der Waals surface area contributed by atoms with Crippen LogP contribution in [0, 0.1) is 0 Å². The normalized spacial score (nSPS) is 12.8. The molecule has 0 amide bonds. The van der Waals surface area contributed by atoms with Gasteiger partial charge < -0.3 is 28.4 Å². The van der Waals surface area contributed by atoms with Crippen molar-refractivity contribution in [2.75, 3.05) is 40.1 Å². The van der Waals surface area contributed by atoms with Crippen LogP contribution < -0.4 is 14.2 Å². The molecule has 1 aliphatic carbocycles. The number of unbranched alkanes of at least 4 members (excludes halogenated alkanes) is 1. The van der Waals surface area contributed by atoms with Crippen LogP contribution in [0.15, 0.2) is 85.2 Å². The van der Waals surface area contributed by atoms with E-state index in [4.69, 9.17) is 28.4 Å². The lowest BCUT2D eigenvalue weighted by Gasteiger charge is -2.11. The molecule has 9 nitrogen and oxygen atoms in total. The van der Waals surface area contributed by atoms with Gasteiger partial charge in [0.25, 0.3) is 0 Å². The van der Waals surface area contributed by atoms with Gasteiger partial charge in [-0.3, -0.25) is 0 Å². The number of halogens is 1. The molecular formula is C35H35FO9. The van der Waals surface area contributed by atoms with Crippen LogP contribution in [0.25, 0.3) is 11.1 Å². The molecule has 0 aromatic heterocycles. The largest absolute Gasteiger partial charge is 0.494 e. The van der Waals surface area contributed by atoms with Crippen LogP contribution >= 0.6 is 0 Å². The second-order valence-corrected chi connectivity index (χ2v) is 10.3. The highest BCUT2D eigenvalue weighted by Crippen LogP contribution is 2.47. The third kappa shape index (κ3) is 8.79. The highest BCUT2D eigenvalue weighted by molar-refractivity contribution is 5.91. The first-order valence-electron chi connectivity index (χ1n) is 14.4. The van der Waals surface area contributed by atoms with E-state index in [2.05, 4.69) is 20.1 Å². The Bertz CT molecular complexity index is 1560. The number of carbonyl (C=O) groups excluding carboxylic acids is 3. The average molecular weight is 619 g/mol. The van der Waals surface area contributed by atoms with Gasteiger partial charge in [-0.25, -0.2) is 14.4 Å². The third-order valence-corrected chi connectivity index (χ3v) is 7.02. The predicted molar refractivity (Wildman–Crippen MR) is 164 cm³/mol. The molecule has 1 aliphatic rings. The zero-order valence-electron chi connectivity index (χ0n) is 25.3. The van der Waals surface area contributed by atoms with Gasteiger partial charge in [-0.1, -0.05) is 32.2 Å². The van der Waals surface area contributed by atoms with Crippen LogP contribution in [-0.4, -0.2) is 58.1 Å². The average Bonchev–Trinajstić information content (AvgIpc) is 3.31.